The van der Waals surface area contributed by atoms with Gasteiger partial charge in [0.1, 0.15) is 23.9 Å². The Bertz CT molecular complexity index is 1200. The Morgan fingerprint density at radius 2 is 1.54 bits per heavy atom. The van der Waals surface area contributed by atoms with E-state index in [1.54, 1.807) is 55.4 Å². The quantitative estimate of drug-likeness (QED) is 0.125. The minimum Gasteiger partial charge on any atom is -0.459 e. The maximum absolute atomic E-state index is 14.1. The van der Waals surface area contributed by atoms with Crippen LogP contribution >= 0.6 is 0 Å². The summed E-state index contributed by atoms with van der Waals surface area (Å²) >= 11 is 0. The van der Waals surface area contributed by atoms with Gasteiger partial charge < -0.3 is 64.1 Å². The molecule has 15 heteroatoms. The van der Waals surface area contributed by atoms with Gasteiger partial charge in [-0.05, 0) is 74.9 Å². The highest BCUT2D eigenvalue weighted by Crippen LogP contribution is 2.41. The third-order valence-corrected chi connectivity index (χ3v) is 12.0. The molecule has 52 heavy (non-hydrogen) atoms. The van der Waals surface area contributed by atoms with Crippen molar-refractivity contribution in [2.75, 3.05) is 21.2 Å². The summed E-state index contributed by atoms with van der Waals surface area (Å²) in [5, 5.41) is 71.8. The molecule has 3 rings (SSSR count). The summed E-state index contributed by atoms with van der Waals surface area (Å²) in [5.41, 5.74) is -4.68. The summed E-state index contributed by atoms with van der Waals surface area (Å²) in [6.07, 6.45) is -9.51. The van der Waals surface area contributed by atoms with Gasteiger partial charge in [-0.2, -0.15) is 0 Å². The van der Waals surface area contributed by atoms with Gasteiger partial charge in [-0.1, -0.05) is 32.9 Å². The first-order valence-electron chi connectivity index (χ1n) is 18.7. The van der Waals surface area contributed by atoms with Crippen LogP contribution in [0.15, 0.2) is 5.16 Å². The van der Waals surface area contributed by atoms with Crippen LogP contribution in [0.5, 0.6) is 0 Å². The average Bonchev–Trinajstić information content (AvgIpc) is 3.06. The van der Waals surface area contributed by atoms with E-state index in [4.69, 9.17) is 28.4 Å². The molecule has 0 unspecified atom stereocenters. The van der Waals surface area contributed by atoms with E-state index in [9.17, 15) is 35.5 Å². The third-order valence-electron chi connectivity index (χ3n) is 12.0. The second kappa shape index (κ2) is 17.5. The van der Waals surface area contributed by atoms with Crippen molar-refractivity contribution in [3.8, 4) is 0 Å². The van der Waals surface area contributed by atoms with Crippen LogP contribution in [0.4, 0.5) is 0 Å². The fourth-order valence-corrected chi connectivity index (χ4v) is 8.61. The van der Waals surface area contributed by atoms with Crippen LogP contribution in [0.3, 0.4) is 0 Å². The number of likely N-dealkylation sites (N-methyl/N-ethyl adjacent to an activating group) is 1. The van der Waals surface area contributed by atoms with Gasteiger partial charge in [-0.15, -0.1) is 0 Å². The van der Waals surface area contributed by atoms with Gasteiger partial charge in [0, 0.05) is 37.3 Å². The van der Waals surface area contributed by atoms with E-state index in [0.29, 0.717) is 6.42 Å². The van der Waals surface area contributed by atoms with Gasteiger partial charge in [-0.3, -0.25) is 4.79 Å². The molecule has 3 saturated heterocycles. The number of hydrogen-bond acceptors (Lipinski definition) is 15. The minimum absolute atomic E-state index is 0.0657. The van der Waals surface area contributed by atoms with Crippen LogP contribution in [0.2, 0.25) is 0 Å². The number of hydrogen-bond donors (Lipinski definition) is 6. The average molecular weight is 749 g/mol. The predicted octanol–water partition coefficient (Wildman–Crippen LogP) is 2.05. The van der Waals surface area contributed by atoms with Gasteiger partial charge >= 0.3 is 5.97 Å². The van der Waals surface area contributed by atoms with Crippen LogP contribution in [0, 0.1) is 23.7 Å². The number of carbonyl (C=O) groups is 1. The molecule has 304 valence electrons. The largest absolute Gasteiger partial charge is 0.459 e. The summed E-state index contributed by atoms with van der Waals surface area (Å²) in [4.78, 5) is 16.0. The molecule has 15 nitrogen and oxygen atoms in total. The monoisotopic (exact) mass is 748 g/mol. The van der Waals surface area contributed by atoms with Gasteiger partial charge in [0.2, 0.25) is 0 Å². The second-order valence-electron chi connectivity index (χ2n) is 16.6. The lowest BCUT2D eigenvalue weighted by molar-refractivity contribution is -0.317. The molecule has 0 bridgehead atoms. The number of cyclic esters (lactones) is 1. The standard InChI is InChI=1S/C37H68N2O13/c1-14-25-37(10,45)30(41)20(4)27(38-46)18(2)16-35(8,44)32(52-34-28(40)24(39(11)12)15-19(3)48-34)21(5)29(22(6)33(43)50-25)51-26-17-36(9,47-13)31(42)23(7)49-26/h18-26,28-32,34,40-42,44-46H,14-17H2,1-13H3/b38-27-/t18-,19-,20+,21+,22-,23+,24+,25-,26+,28-,29+,30-,31+,32-,34+,35-,36-,37-/m1/s1. The zero-order valence-corrected chi connectivity index (χ0v) is 33.4. The molecule has 0 aromatic heterocycles. The van der Waals surface area contributed by atoms with Crippen molar-refractivity contribution in [1.82, 2.24) is 4.90 Å². The van der Waals surface area contributed by atoms with E-state index in [-0.39, 0.29) is 37.1 Å². The van der Waals surface area contributed by atoms with Gasteiger partial charge in [0.15, 0.2) is 12.6 Å². The topological polar surface area (TPSA) is 209 Å². The minimum atomic E-state index is -1.97. The number of oxime groups is 1. The van der Waals surface area contributed by atoms with Crippen molar-refractivity contribution in [1.29, 1.82) is 0 Å². The molecule has 0 aliphatic carbocycles. The summed E-state index contributed by atoms with van der Waals surface area (Å²) < 4.78 is 37.2. The molecule has 0 spiro atoms. The number of carbonyl (C=O) groups excluding carboxylic acids is 1. The fraction of sp³-hybridized carbons (Fsp3) is 0.946. The maximum atomic E-state index is 14.1. The van der Waals surface area contributed by atoms with Crippen molar-refractivity contribution < 1.29 is 64.0 Å². The van der Waals surface area contributed by atoms with Crippen molar-refractivity contribution in [3.05, 3.63) is 0 Å². The molecular weight excluding hydrogens is 680 g/mol. The molecule has 6 N–H and O–H groups in total. The maximum Gasteiger partial charge on any atom is 0.311 e. The number of aliphatic hydroxyl groups excluding tert-OH is 3. The molecule has 3 aliphatic heterocycles. The van der Waals surface area contributed by atoms with Crippen LogP contribution in [0.1, 0.15) is 94.9 Å². The fourth-order valence-electron chi connectivity index (χ4n) is 8.61. The normalized spacial score (nSPS) is 49.8. The smallest absolute Gasteiger partial charge is 0.311 e. The Hall–Kier alpha value is -1.50. The van der Waals surface area contributed by atoms with Gasteiger partial charge in [-0.25, -0.2) is 0 Å². The molecule has 3 heterocycles. The highest BCUT2D eigenvalue weighted by molar-refractivity contribution is 5.88. The summed E-state index contributed by atoms with van der Waals surface area (Å²) in [6, 6.07) is -0.322. The number of esters is 1. The lowest BCUT2D eigenvalue weighted by Crippen LogP contribution is -2.61. The molecular formula is C37H68N2O13. The first-order valence-corrected chi connectivity index (χ1v) is 18.7. The molecule has 3 fully saturated rings. The molecule has 0 radical (unpaired) electrons. The van der Waals surface area contributed by atoms with Gasteiger partial charge in [0.25, 0.3) is 0 Å². The van der Waals surface area contributed by atoms with E-state index < -0.39 is 102 Å². The summed E-state index contributed by atoms with van der Waals surface area (Å²) in [7, 11) is 5.19. The van der Waals surface area contributed by atoms with Crippen LogP contribution < -0.4 is 0 Å². The van der Waals surface area contributed by atoms with Crippen molar-refractivity contribution in [2.24, 2.45) is 28.8 Å². The van der Waals surface area contributed by atoms with E-state index in [2.05, 4.69) is 5.16 Å². The Kier molecular flexibility index (Phi) is 15.1. The molecule has 3 aliphatic rings. The Morgan fingerprint density at radius 3 is 2.08 bits per heavy atom. The molecule has 18 atom stereocenters. The van der Waals surface area contributed by atoms with E-state index in [0.717, 1.165) is 0 Å². The lowest BCUT2D eigenvalue weighted by Gasteiger charge is -2.49. The Balaban J connectivity index is 2.21. The highest BCUT2D eigenvalue weighted by Gasteiger charge is 2.53. The van der Waals surface area contributed by atoms with Crippen LogP contribution in [-0.4, -0.2) is 153 Å². The number of aliphatic hydroxyl groups is 5. The van der Waals surface area contributed by atoms with Crippen molar-refractivity contribution in [3.63, 3.8) is 0 Å². The SMILES string of the molecule is CC[C@H]1OC(=O)[C@H](C)[C@@H](O[C@H]2C[C@@](C)(OC)[C@@H](O)[C@H](C)O2)[C@H](C)[C@@H](O[C@@H]2O[C@H](C)C[C@H](N(C)C)[C@H]2O)[C@](C)(O)C[C@@H](C)/C(=N/O)[C@H](C)[C@@H](O)[C@]1(C)O. The molecule has 0 aromatic carbocycles. The van der Waals surface area contributed by atoms with Crippen molar-refractivity contribution in [2.45, 2.75) is 179 Å². The Labute approximate surface area is 309 Å². The lowest BCUT2D eigenvalue weighted by atomic mass is 9.73. The van der Waals surface area contributed by atoms with E-state index >= 15 is 0 Å². The zero-order chi connectivity index (χ0) is 39.7. The van der Waals surface area contributed by atoms with E-state index in [1.807, 2.05) is 25.9 Å². The number of methoxy groups -OCH3 is 1. The first kappa shape index (κ1) is 44.9. The molecule has 0 aromatic rings. The number of rotatable bonds is 7. The Morgan fingerprint density at radius 1 is 0.923 bits per heavy atom. The summed E-state index contributed by atoms with van der Waals surface area (Å²) in [5.74, 6) is -4.24. The highest BCUT2D eigenvalue weighted by atomic mass is 16.7. The predicted molar refractivity (Wildman–Crippen MR) is 190 cm³/mol. The second-order valence-corrected chi connectivity index (χ2v) is 16.6. The van der Waals surface area contributed by atoms with E-state index in [1.165, 1.54) is 14.0 Å². The molecule has 0 saturated carbocycles. The number of nitrogens with zero attached hydrogens (tertiary/aromatic N) is 2. The van der Waals surface area contributed by atoms with Crippen LogP contribution in [-0.2, 0) is 33.2 Å². The first-order chi connectivity index (χ1) is 24.0. The van der Waals surface area contributed by atoms with Crippen LogP contribution in [0.25, 0.3) is 0 Å². The zero-order valence-electron chi connectivity index (χ0n) is 33.4. The van der Waals surface area contributed by atoms with Gasteiger partial charge in [0.05, 0.1) is 53.4 Å². The molecule has 0 amide bonds. The summed E-state index contributed by atoms with van der Waals surface area (Å²) in [6.45, 7) is 16.6. The van der Waals surface area contributed by atoms with Crippen molar-refractivity contribution >= 4 is 11.7 Å². The third kappa shape index (κ3) is 9.47. The number of ether oxygens (including phenoxy) is 6.